The van der Waals surface area contributed by atoms with Gasteiger partial charge in [0.15, 0.2) is 0 Å². The third-order valence-corrected chi connectivity index (χ3v) is 3.41. The predicted octanol–water partition coefficient (Wildman–Crippen LogP) is 1.54. The summed E-state index contributed by atoms with van der Waals surface area (Å²) in [7, 11) is 1.92. The van der Waals surface area contributed by atoms with Crippen LogP contribution < -0.4 is 10.6 Å². The Kier molecular flexibility index (Phi) is 4.29. The van der Waals surface area contributed by atoms with Crippen LogP contribution >= 0.6 is 12.2 Å². The third kappa shape index (κ3) is 2.79. The minimum absolute atomic E-state index is 0.0424. The van der Waals surface area contributed by atoms with Crippen LogP contribution in [0.25, 0.3) is 0 Å². The predicted molar refractivity (Wildman–Crippen MR) is 79.2 cm³/mol. The second-order valence-corrected chi connectivity index (χ2v) is 5.58. The summed E-state index contributed by atoms with van der Waals surface area (Å²) in [4.78, 5) is 6.71. The number of aryl methyl sites for hydroxylation is 2. The fourth-order valence-corrected chi connectivity index (χ4v) is 2.06. The molecule has 1 heterocycles. The summed E-state index contributed by atoms with van der Waals surface area (Å²) < 4.78 is 0. The first-order valence-electron chi connectivity index (χ1n) is 5.83. The first-order chi connectivity index (χ1) is 8.20. The van der Waals surface area contributed by atoms with Gasteiger partial charge in [0.2, 0.25) is 0 Å². The molecule has 1 aromatic heterocycles. The van der Waals surface area contributed by atoms with Gasteiger partial charge in [-0.2, -0.15) is 0 Å². The van der Waals surface area contributed by atoms with Gasteiger partial charge in [0.05, 0.1) is 23.4 Å². The van der Waals surface area contributed by atoms with Gasteiger partial charge in [-0.3, -0.25) is 4.98 Å². The monoisotopic (exact) mass is 267 g/mol. The molecular formula is C13H21N3OS. The minimum Gasteiger partial charge on any atom is -0.394 e. The lowest BCUT2D eigenvalue weighted by atomic mass is 10.0. The second-order valence-electron chi connectivity index (χ2n) is 5.14. The Balaban J connectivity index is 3.44. The number of pyridine rings is 1. The van der Waals surface area contributed by atoms with Crippen LogP contribution in [0.15, 0.2) is 6.07 Å². The van der Waals surface area contributed by atoms with Crippen molar-refractivity contribution in [2.75, 3.05) is 18.6 Å². The number of aromatic nitrogens is 1. The largest absolute Gasteiger partial charge is 0.394 e. The van der Waals surface area contributed by atoms with Crippen molar-refractivity contribution in [2.45, 2.75) is 33.2 Å². The fourth-order valence-electron chi connectivity index (χ4n) is 1.81. The molecule has 4 nitrogen and oxygen atoms in total. The molecule has 0 unspecified atom stereocenters. The highest BCUT2D eigenvalue weighted by Gasteiger charge is 2.26. The Morgan fingerprint density at radius 2 is 2.06 bits per heavy atom. The van der Waals surface area contributed by atoms with Gasteiger partial charge in [-0.15, -0.1) is 0 Å². The molecule has 0 atom stereocenters. The molecule has 1 aromatic rings. The smallest absolute Gasteiger partial charge is 0.107 e. The van der Waals surface area contributed by atoms with Crippen molar-refractivity contribution in [1.29, 1.82) is 0 Å². The van der Waals surface area contributed by atoms with Gasteiger partial charge in [0.1, 0.15) is 4.99 Å². The molecule has 5 heteroatoms. The lowest BCUT2D eigenvalue weighted by Crippen LogP contribution is -2.45. The number of anilines is 1. The molecule has 0 saturated heterocycles. The maximum absolute atomic E-state index is 9.47. The van der Waals surface area contributed by atoms with Crippen LogP contribution in [0.3, 0.4) is 0 Å². The van der Waals surface area contributed by atoms with Crippen LogP contribution in [0.5, 0.6) is 0 Å². The summed E-state index contributed by atoms with van der Waals surface area (Å²) >= 11 is 5.11. The Bertz CT molecular complexity index is 472. The van der Waals surface area contributed by atoms with Crippen LogP contribution in [0, 0.1) is 13.8 Å². The molecule has 100 valence electrons. The number of hydrogen-bond donors (Lipinski definition) is 2. The zero-order valence-corrected chi connectivity index (χ0v) is 12.4. The molecule has 0 aliphatic heterocycles. The molecule has 0 aliphatic carbocycles. The summed E-state index contributed by atoms with van der Waals surface area (Å²) in [6.45, 7) is 7.79. The summed E-state index contributed by atoms with van der Waals surface area (Å²) in [5.41, 5.74) is 8.81. The maximum atomic E-state index is 9.47. The van der Waals surface area contributed by atoms with Crippen LogP contribution in [0.4, 0.5) is 5.69 Å². The molecule has 0 aromatic carbocycles. The maximum Gasteiger partial charge on any atom is 0.107 e. The number of aliphatic hydroxyl groups excluding tert-OH is 1. The van der Waals surface area contributed by atoms with E-state index in [1.807, 2.05) is 45.7 Å². The van der Waals surface area contributed by atoms with Crippen molar-refractivity contribution >= 4 is 22.9 Å². The highest BCUT2D eigenvalue weighted by atomic mass is 32.1. The van der Waals surface area contributed by atoms with Crippen LogP contribution in [-0.4, -0.2) is 34.3 Å². The standard InChI is InChI=1S/C13H21N3OS/c1-8-6-10(16(5)13(3,4)7-17)11(12(14)18)9(2)15-8/h6,17H,7H2,1-5H3,(H2,14,18). The molecule has 0 aliphatic rings. The summed E-state index contributed by atoms with van der Waals surface area (Å²) in [5.74, 6) is 0. The lowest BCUT2D eigenvalue weighted by molar-refractivity contribution is 0.216. The topological polar surface area (TPSA) is 62.4 Å². The van der Waals surface area contributed by atoms with Crippen molar-refractivity contribution in [3.63, 3.8) is 0 Å². The van der Waals surface area contributed by atoms with Crippen molar-refractivity contribution in [1.82, 2.24) is 4.98 Å². The number of thiocarbonyl (C=S) groups is 1. The molecule has 1 rings (SSSR count). The number of likely N-dealkylation sites (N-methyl/N-ethyl adjacent to an activating group) is 1. The highest BCUT2D eigenvalue weighted by Crippen LogP contribution is 2.28. The van der Waals surface area contributed by atoms with E-state index < -0.39 is 0 Å². The van der Waals surface area contributed by atoms with E-state index in [9.17, 15) is 5.11 Å². The number of nitrogens with zero attached hydrogens (tertiary/aromatic N) is 2. The van der Waals surface area contributed by atoms with E-state index in [4.69, 9.17) is 18.0 Å². The third-order valence-electron chi connectivity index (χ3n) is 3.21. The zero-order valence-electron chi connectivity index (χ0n) is 11.6. The fraction of sp³-hybridized carbons (Fsp3) is 0.538. The van der Waals surface area contributed by atoms with Crippen molar-refractivity contribution in [2.24, 2.45) is 5.73 Å². The second kappa shape index (κ2) is 5.20. The highest BCUT2D eigenvalue weighted by molar-refractivity contribution is 7.80. The van der Waals surface area contributed by atoms with Gasteiger partial charge in [0.25, 0.3) is 0 Å². The van der Waals surface area contributed by atoms with E-state index in [0.29, 0.717) is 4.99 Å². The van der Waals surface area contributed by atoms with E-state index >= 15 is 0 Å². The number of hydrogen-bond acceptors (Lipinski definition) is 4. The molecular weight excluding hydrogens is 246 g/mol. The Hall–Kier alpha value is -1.20. The molecule has 18 heavy (non-hydrogen) atoms. The van der Waals surface area contributed by atoms with Gasteiger partial charge >= 0.3 is 0 Å². The van der Waals surface area contributed by atoms with Crippen LogP contribution in [0.1, 0.15) is 30.8 Å². The molecule has 0 amide bonds. The molecule has 3 N–H and O–H groups in total. The van der Waals surface area contributed by atoms with Gasteiger partial charge in [-0.1, -0.05) is 12.2 Å². The average molecular weight is 267 g/mol. The molecule has 0 radical (unpaired) electrons. The molecule has 0 saturated carbocycles. The summed E-state index contributed by atoms with van der Waals surface area (Å²) in [6, 6.07) is 1.94. The van der Waals surface area contributed by atoms with Crippen LogP contribution in [-0.2, 0) is 0 Å². The van der Waals surface area contributed by atoms with E-state index in [0.717, 1.165) is 22.6 Å². The van der Waals surface area contributed by atoms with Crippen LogP contribution in [0.2, 0.25) is 0 Å². The van der Waals surface area contributed by atoms with E-state index in [1.54, 1.807) is 0 Å². The SMILES string of the molecule is Cc1cc(N(C)C(C)(C)CO)c(C(N)=S)c(C)n1. The first kappa shape index (κ1) is 14.9. The Labute approximate surface area is 114 Å². The zero-order chi connectivity index (χ0) is 14.1. The molecule has 0 spiro atoms. The van der Waals surface area contributed by atoms with E-state index in [1.165, 1.54) is 0 Å². The van der Waals surface area contributed by atoms with Crippen molar-refractivity contribution < 1.29 is 5.11 Å². The van der Waals surface area contributed by atoms with Gasteiger partial charge in [-0.05, 0) is 33.8 Å². The Morgan fingerprint density at radius 3 is 2.50 bits per heavy atom. The number of aliphatic hydroxyl groups is 1. The summed E-state index contributed by atoms with van der Waals surface area (Å²) in [6.07, 6.45) is 0. The van der Waals surface area contributed by atoms with Gasteiger partial charge in [-0.25, -0.2) is 0 Å². The van der Waals surface area contributed by atoms with Gasteiger partial charge < -0.3 is 15.7 Å². The van der Waals surface area contributed by atoms with Crippen molar-refractivity contribution in [3.8, 4) is 0 Å². The van der Waals surface area contributed by atoms with E-state index in [-0.39, 0.29) is 12.1 Å². The van der Waals surface area contributed by atoms with E-state index in [2.05, 4.69) is 4.98 Å². The lowest BCUT2D eigenvalue weighted by Gasteiger charge is -2.37. The van der Waals surface area contributed by atoms with Gasteiger partial charge in [0, 0.05) is 18.4 Å². The number of nitrogens with two attached hydrogens (primary N) is 1. The minimum atomic E-state index is -0.389. The Morgan fingerprint density at radius 1 is 1.50 bits per heavy atom. The quantitative estimate of drug-likeness (QED) is 0.810. The molecule has 0 bridgehead atoms. The normalized spacial score (nSPS) is 11.4. The summed E-state index contributed by atoms with van der Waals surface area (Å²) in [5, 5.41) is 9.47. The van der Waals surface area contributed by atoms with Crippen molar-refractivity contribution in [3.05, 3.63) is 23.0 Å². The number of rotatable bonds is 4. The average Bonchev–Trinajstić information content (AvgIpc) is 2.26. The molecule has 0 fully saturated rings. The first-order valence-corrected chi connectivity index (χ1v) is 6.24.